The van der Waals surface area contributed by atoms with Crippen LogP contribution in [0.25, 0.3) is 0 Å². The number of hydrogen-bond donors (Lipinski definition) is 1. The Morgan fingerprint density at radius 3 is 2.71 bits per heavy atom. The first-order valence-corrected chi connectivity index (χ1v) is 6.85. The molecule has 0 aliphatic rings. The van der Waals surface area contributed by atoms with E-state index in [2.05, 4.69) is 21.2 Å². The van der Waals surface area contributed by atoms with Gasteiger partial charge in [0.15, 0.2) is 0 Å². The van der Waals surface area contributed by atoms with Crippen molar-refractivity contribution in [3.63, 3.8) is 0 Å². The Hall–Kier alpha value is -1.99. The molecule has 0 bridgehead atoms. The molecule has 0 aliphatic carbocycles. The fourth-order valence-corrected chi connectivity index (χ4v) is 2.14. The topological polar surface area (TPSA) is 64.4 Å². The van der Waals surface area contributed by atoms with Gasteiger partial charge < -0.3 is 10.1 Å². The predicted molar refractivity (Wildman–Crippen MR) is 80.0 cm³/mol. The molecule has 0 spiro atoms. The molecule has 1 N–H and O–H groups in total. The molecule has 0 saturated carbocycles. The largest absolute Gasteiger partial charge is 0.450 e. The van der Waals surface area contributed by atoms with Crippen LogP contribution in [0.15, 0.2) is 40.9 Å². The summed E-state index contributed by atoms with van der Waals surface area (Å²) in [7, 11) is 1.78. The van der Waals surface area contributed by atoms with Crippen LogP contribution in [0.5, 0.6) is 11.5 Å². The van der Waals surface area contributed by atoms with E-state index in [1.807, 2.05) is 12.1 Å². The van der Waals surface area contributed by atoms with Gasteiger partial charge in [-0.15, -0.1) is 0 Å². The monoisotopic (exact) mass is 354 g/mol. The maximum absolute atomic E-state index is 13.1. The Labute approximate surface area is 129 Å². The van der Waals surface area contributed by atoms with Crippen LogP contribution >= 0.6 is 15.9 Å². The van der Waals surface area contributed by atoms with E-state index in [4.69, 9.17) is 4.74 Å². The molecule has 2 aromatic rings. The molecule has 0 aromatic heterocycles. The fourth-order valence-electron chi connectivity index (χ4n) is 1.80. The third-order valence-corrected chi connectivity index (χ3v) is 3.23. The lowest BCUT2D eigenvalue weighted by atomic mass is 10.2. The fraction of sp³-hybridized carbons (Fsp3) is 0.143. The number of nitro benzene ring substituents is 1. The van der Waals surface area contributed by atoms with E-state index >= 15 is 0 Å². The number of halogens is 2. The van der Waals surface area contributed by atoms with Crippen LogP contribution in [0.3, 0.4) is 0 Å². The lowest BCUT2D eigenvalue weighted by Crippen LogP contribution is -2.06. The van der Waals surface area contributed by atoms with Crippen molar-refractivity contribution in [2.75, 3.05) is 7.05 Å². The molecule has 0 amide bonds. The summed E-state index contributed by atoms with van der Waals surface area (Å²) in [6.07, 6.45) is 0. The number of rotatable bonds is 5. The number of nitrogens with zero attached hydrogens (tertiary/aromatic N) is 1. The quantitative estimate of drug-likeness (QED) is 0.650. The molecular weight excluding hydrogens is 343 g/mol. The van der Waals surface area contributed by atoms with Crippen molar-refractivity contribution in [3.05, 3.63) is 62.4 Å². The molecule has 0 aliphatic heterocycles. The van der Waals surface area contributed by atoms with Crippen LogP contribution in [-0.2, 0) is 6.54 Å². The highest BCUT2D eigenvalue weighted by Crippen LogP contribution is 2.34. The summed E-state index contributed by atoms with van der Waals surface area (Å²) < 4.78 is 19.5. The second-order valence-corrected chi connectivity index (χ2v) is 5.17. The summed E-state index contributed by atoms with van der Waals surface area (Å²) in [5.41, 5.74) is 0.421. The van der Waals surface area contributed by atoms with Gasteiger partial charge in [0.2, 0.25) is 5.75 Å². The normalized spacial score (nSPS) is 10.4. The first kappa shape index (κ1) is 15.4. The number of hydrogen-bond acceptors (Lipinski definition) is 4. The van der Waals surface area contributed by atoms with Gasteiger partial charge in [0.05, 0.1) is 11.0 Å². The van der Waals surface area contributed by atoms with Gasteiger partial charge in [-0.1, -0.05) is 22.0 Å². The first-order chi connectivity index (χ1) is 10.0. The van der Waals surface area contributed by atoms with Crippen molar-refractivity contribution in [1.29, 1.82) is 0 Å². The Bertz CT molecular complexity index is 679. The molecular formula is C14H12BrFN2O3. The van der Waals surface area contributed by atoms with Crippen molar-refractivity contribution in [3.8, 4) is 11.5 Å². The standard InChI is InChI=1S/C14H12BrFN2O3/c1-17-8-9-2-3-10(15)6-14(9)21-13-5-4-11(16)7-12(13)18(19)20/h2-7,17H,8H2,1H3. The third kappa shape index (κ3) is 3.77. The average molecular weight is 355 g/mol. The average Bonchev–Trinajstić information content (AvgIpc) is 2.43. The molecule has 0 unspecified atom stereocenters. The van der Waals surface area contributed by atoms with Gasteiger partial charge in [0, 0.05) is 16.6 Å². The van der Waals surface area contributed by atoms with E-state index < -0.39 is 16.4 Å². The predicted octanol–water partition coefficient (Wildman–Crippen LogP) is 4.01. The maximum atomic E-state index is 13.1. The molecule has 2 rings (SSSR count). The zero-order valence-corrected chi connectivity index (χ0v) is 12.7. The Kier molecular flexibility index (Phi) is 4.87. The van der Waals surface area contributed by atoms with Gasteiger partial charge in [-0.25, -0.2) is 4.39 Å². The second-order valence-electron chi connectivity index (χ2n) is 4.25. The minimum atomic E-state index is -0.682. The Balaban J connectivity index is 2.42. The minimum Gasteiger partial charge on any atom is -0.450 e. The maximum Gasteiger partial charge on any atom is 0.314 e. The van der Waals surface area contributed by atoms with Crippen LogP contribution < -0.4 is 10.1 Å². The van der Waals surface area contributed by atoms with Crippen LogP contribution in [0, 0.1) is 15.9 Å². The zero-order chi connectivity index (χ0) is 15.4. The lowest BCUT2D eigenvalue weighted by molar-refractivity contribution is -0.385. The van der Waals surface area contributed by atoms with Crippen LogP contribution in [0.2, 0.25) is 0 Å². The molecule has 2 aromatic carbocycles. The third-order valence-electron chi connectivity index (χ3n) is 2.73. The smallest absolute Gasteiger partial charge is 0.314 e. The molecule has 5 nitrogen and oxygen atoms in total. The summed E-state index contributed by atoms with van der Waals surface area (Å²) in [5.74, 6) is -0.218. The van der Waals surface area contributed by atoms with Gasteiger partial charge in [0.25, 0.3) is 0 Å². The van der Waals surface area contributed by atoms with Crippen molar-refractivity contribution < 1.29 is 14.1 Å². The number of nitro groups is 1. The minimum absolute atomic E-state index is 0.00291. The highest BCUT2D eigenvalue weighted by molar-refractivity contribution is 9.10. The summed E-state index contributed by atoms with van der Waals surface area (Å²) >= 11 is 3.33. The Morgan fingerprint density at radius 2 is 2.05 bits per heavy atom. The van der Waals surface area contributed by atoms with Crippen molar-refractivity contribution in [2.24, 2.45) is 0 Å². The van der Waals surface area contributed by atoms with Crippen molar-refractivity contribution in [2.45, 2.75) is 6.54 Å². The van der Waals surface area contributed by atoms with E-state index in [0.29, 0.717) is 12.3 Å². The van der Waals surface area contributed by atoms with Crippen LogP contribution in [0.4, 0.5) is 10.1 Å². The Morgan fingerprint density at radius 1 is 1.29 bits per heavy atom. The summed E-state index contributed by atoms with van der Waals surface area (Å²) in [6, 6.07) is 8.60. The molecule has 21 heavy (non-hydrogen) atoms. The molecule has 0 heterocycles. The first-order valence-electron chi connectivity index (χ1n) is 6.06. The van der Waals surface area contributed by atoms with Gasteiger partial charge in [-0.3, -0.25) is 10.1 Å². The van der Waals surface area contributed by atoms with Gasteiger partial charge in [0.1, 0.15) is 11.6 Å². The van der Waals surface area contributed by atoms with Crippen molar-refractivity contribution >= 4 is 21.6 Å². The van der Waals surface area contributed by atoms with E-state index in [1.165, 1.54) is 6.07 Å². The van der Waals surface area contributed by atoms with Gasteiger partial charge >= 0.3 is 5.69 Å². The highest BCUT2D eigenvalue weighted by Gasteiger charge is 2.18. The number of ether oxygens (including phenoxy) is 1. The van der Waals surface area contributed by atoms with Gasteiger partial charge in [-0.2, -0.15) is 0 Å². The van der Waals surface area contributed by atoms with E-state index in [1.54, 1.807) is 13.1 Å². The van der Waals surface area contributed by atoms with Crippen LogP contribution in [-0.4, -0.2) is 12.0 Å². The summed E-state index contributed by atoms with van der Waals surface area (Å²) in [4.78, 5) is 10.3. The number of nitrogens with one attached hydrogen (secondary N) is 1. The molecule has 110 valence electrons. The van der Waals surface area contributed by atoms with E-state index in [0.717, 1.165) is 22.2 Å². The van der Waals surface area contributed by atoms with Gasteiger partial charge in [-0.05, 0) is 31.3 Å². The lowest BCUT2D eigenvalue weighted by Gasteiger charge is -2.11. The van der Waals surface area contributed by atoms with E-state index in [-0.39, 0.29) is 5.75 Å². The molecule has 0 saturated heterocycles. The molecule has 7 heteroatoms. The second kappa shape index (κ2) is 6.64. The molecule has 0 radical (unpaired) electrons. The van der Waals surface area contributed by atoms with E-state index in [9.17, 15) is 14.5 Å². The molecule has 0 fully saturated rings. The summed E-state index contributed by atoms with van der Waals surface area (Å²) in [6.45, 7) is 0.539. The molecule has 0 atom stereocenters. The SMILES string of the molecule is CNCc1ccc(Br)cc1Oc1ccc(F)cc1[N+](=O)[O-]. The zero-order valence-electron chi connectivity index (χ0n) is 11.1. The van der Waals surface area contributed by atoms with Crippen molar-refractivity contribution in [1.82, 2.24) is 5.32 Å². The summed E-state index contributed by atoms with van der Waals surface area (Å²) in [5, 5.41) is 14.0. The van der Waals surface area contributed by atoms with Crippen LogP contribution in [0.1, 0.15) is 5.56 Å². The number of benzene rings is 2. The highest BCUT2D eigenvalue weighted by atomic mass is 79.9.